The molecule has 0 radical (unpaired) electrons. The van der Waals surface area contributed by atoms with Crippen LogP contribution in [-0.4, -0.2) is 96.6 Å². The molecule has 0 bridgehead atoms. The fourth-order valence-electron chi connectivity index (χ4n) is 6.62. The summed E-state index contributed by atoms with van der Waals surface area (Å²) in [6.07, 6.45) is 9.74. The van der Waals surface area contributed by atoms with Gasteiger partial charge in [-0.05, 0) is 106 Å². The quantitative estimate of drug-likeness (QED) is 0.139. The van der Waals surface area contributed by atoms with Gasteiger partial charge in [0.05, 0.1) is 24.9 Å². The van der Waals surface area contributed by atoms with Crippen molar-refractivity contribution in [1.29, 1.82) is 0 Å². The lowest BCUT2D eigenvalue weighted by molar-refractivity contribution is -0.136. The molecule has 0 aliphatic carbocycles. The predicted octanol–water partition coefficient (Wildman–Crippen LogP) is 6.71. The maximum absolute atomic E-state index is 13.9. The number of amides is 3. The maximum atomic E-state index is 13.9. The van der Waals surface area contributed by atoms with E-state index in [0.717, 1.165) is 66.7 Å². The summed E-state index contributed by atoms with van der Waals surface area (Å²) < 4.78 is 44.4. The summed E-state index contributed by atoms with van der Waals surface area (Å²) in [5.41, 5.74) is 0.147. The molecule has 0 spiro atoms. The van der Waals surface area contributed by atoms with Crippen molar-refractivity contribution in [3.8, 4) is 23.3 Å². The lowest BCUT2D eigenvalue weighted by atomic mass is 10.0. The number of thioether (sulfide) groups is 2. The number of hydrogen-bond donors (Lipinski definition) is 3. The summed E-state index contributed by atoms with van der Waals surface area (Å²) in [6.45, 7) is 3.99. The van der Waals surface area contributed by atoms with E-state index >= 15 is 0 Å². The fraction of sp³-hybridized carbons (Fsp3) is 0.390. The van der Waals surface area contributed by atoms with Crippen LogP contribution in [-0.2, 0) is 9.53 Å². The zero-order valence-corrected chi connectivity index (χ0v) is 33.4. The van der Waals surface area contributed by atoms with Gasteiger partial charge >= 0.3 is 0 Å². The second-order valence-electron chi connectivity index (χ2n) is 13.7. The first-order valence-corrected chi connectivity index (χ1v) is 21.3. The van der Waals surface area contributed by atoms with Crippen LogP contribution in [0.1, 0.15) is 52.8 Å². The minimum Gasteiger partial charge on any atom is -0.438 e. The van der Waals surface area contributed by atoms with Gasteiger partial charge in [-0.25, -0.2) is 18.7 Å². The molecule has 0 saturated carbocycles. The molecule has 57 heavy (non-hydrogen) atoms. The van der Waals surface area contributed by atoms with E-state index in [0.29, 0.717) is 50.6 Å². The molecular formula is C41H46F2N6O6S2. The topological polar surface area (TPSA) is 144 Å². The van der Waals surface area contributed by atoms with E-state index in [9.17, 15) is 23.2 Å². The molecule has 1 atom stereocenters. The molecule has 7 rings (SSSR count). The van der Waals surface area contributed by atoms with E-state index < -0.39 is 17.5 Å². The molecule has 1 unspecified atom stereocenters. The van der Waals surface area contributed by atoms with Gasteiger partial charge in [0.1, 0.15) is 34.3 Å². The van der Waals surface area contributed by atoms with Crippen LogP contribution in [0.2, 0.25) is 0 Å². The summed E-state index contributed by atoms with van der Waals surface area (Å²) >= 11 is 3.15. The Morgan fingerprint density at radius 3 is 1.74 bits per heavy atom. The van der Waals surface area contributed by atoms with Gasteiger partial charge in [-0.2, -0.15) is 0 Å². The molecule has 3 saturated heterocycles. The third-order valence-electron chi connectivity index (χ3n) is 9.73. The van der Waals surface area contributed by atoms with Crippen LogP contribution in [0.25, 0.3) is 0 Å². The molecule has 5 heterocycles. The minimum atomic E-state index is -0.612. The minimum absolute atomic E-state index is 0.0427. The van der Waals surface area contributed by atoms with E-state index in [2.05, 4.69) is 25.9 Å². The van der Waals surface area contributed by atoms with Crippen LogP contribution in [0.15, 0.2) is 82.8 Å². The number of carbonyl (C=O) groups is 3. The van der Waals surface area contributed by atoms with E-state index in [4.69, 9.17) is 14.2 Å². The molecule has 3 amide bonds. The highest BCUT2D eigenvalue weighted by atomic mass is 32.2. The highest BCUT2D eigenvalue weighted by Gasteiger charge is 2.31. The number of ether oxygens (including phenoxy) is 3. The van der Waals surface area contributed by atoms with Gasteiger partial charge in [0.15, 0.2) is 0 Å². The Morgan fingerprint density at radius 2 is 1.26 bits per heavy atom. The van der Waals surface area contributed by atoms with Crippen LogP contribution in [0.3, 0.4) is 0 Å². The van der Waals surface area contributed by atoms with E-state index in [1.54, 1.807) is 35.7 Å². The highest BCUT2D eigenvalue weighted by molar-refractivity contribution is 7.98. The molecule has 302 valence electrons. The third-order valence-corrected chi connectivity index (χ3v) is 11.2. The van der Waals surface area contributed by atoms with Crippen molar-refractivity contribution in [3.05, 3.63) is 95.8 Å². The monoisotopic (exact) mass is 820 g/mol. The zero-order chi connectivity index (χ0) is 40.1. The summed E-state index contributed by atoms with van der Waals surface area (Å²) in [6, 6.07) is 17.1. The number of pyridine rings is 2. The number of likely N-dealkylation sites (tertiary alicyclic amines) is 1. The van der Waals surface area contributed by atoms with Crippen molar-refractivity contribution in [2.75, 3.05) is 51.9 Å². The summed E-state index contributed by atoms with van der Waals surface area (Å²) in [5.74, 6) is -0.678. The van der Waals surface area contributed by atoms with Gasteiger partial charge in [0.2, 0.25) is 17.7 Å². The number of benzene rings is 2. The maximum Gasteiger partial charge on any atom is 0.257 e. The first kappa shape index (κ1) is 41.9. The molecule has 4 aromatic rings. The Bertz CT molecular complexity index is 2010. The van der Waals surface area contributed by atoms with E-state index in [1.807, 2.05) is 53.8 Å². The van der Waals surface area contributed by atoms with Crippen molar-refractivity contribution in [1.82, 2.24) is 30.8 Å². The van der Waals surface area contributed by atoms with Crippen LogP contribution < -0.4 is 25.4 Å². The van der Waals surface area contributed by atoms with Gasteiger partial charge in [-0.3, -0.25) is 14.4 Å². The van der Waals surface area contributed by atoms with E-state index in [-0.39, 0.29) is 52.7 Å². The smallest absolute Gasteiger partial charge is 0.257 e. The van der Waals surface area contributed by atoms with Gasteiger partial charge in [0.25, 0.3) is 11.8 Å². The molecule has 3 fully saturated rings. The van der Waals surface area contributed by atoms with Crippen molar-refractivity contribution >= 4 is 41.2 Å². The second-order valence-corrected chi connectivity index (χ2v) is 15.5. The number of halogens is 2. The normalized spacial score (nSPS) is 17.3. The van der Waals surface area contributed by atoms with Gasteiger partial charge < -0.3 is 35.1 Å². The average molecular weight is 821 g/mol. The van der Waals surface area contributed by atoms with Crippen molar-refractivity contribution < 1.29 is 37.4 Å². The Hall–Kier alpha value is -4.77. The first-order chi connectivity index (χ1) is 27.7. The van der Waals surface area contributed by atoms with Gasteiger partial charge in [-0.15, -0.1) is 23.5 Å². The molecule has 3 aliphatic heterocycles. The van der Waals surface area contributed by atoms with Crippen molar-refractivity contribution in [2.24, 2.45) is 5.92 Å². The van der Waals surface area contributed by atoms with Crippen molar-refractivity contribution in [2.45, 2.75) is 54.0 Å². The largest absolute Gasteiger partial charge is 0.438 e. The summed E-state index contributed by atoms with van der Waals surface area (Å²) in [5, 5.41) is 9.13. The number of piperidine rings is 2. The number of nitrogens with one attached hydrogen (secondary N) is 3. The van der Waals surface area contributed by atoms with Gasteiger partial charge in [0, 0.05) is 41.6 Å². The Balaban J connectivity index is 0.000000199. The SMILES string of the molecule is CSc1cccc(Oc2ncc(F)cc2C(=O)NC2CCN(C(=O)C3CCOC3)CC2)c1.CSc1cccc(Oc2ncc(F)cc2C(=O)NC2CCNCC2)c1. The molecule has 3 N–H and O–H groups in total. The Kier molecular flexibility index (Phi) is 15.1. The number of carbonyl (C=O) groups excluding carboxylic acids is 3. The zero-order valence-electron chi connectivity index (χ0n) is 31.8. The molecule has 3 aliphatic rings. The second kappa shape index (κ2) is 20.6. The summed E-state index contributed by atoms with van der Waals surface area (Å²) in [7, 11) is 0. The summed E-state index contributed by atoms with van der Waals surface area (Å²) in [4.78, 5) is 49.9. The number of rotatable bonds is 11. The highest BCUT2D eigenvalue weighted by Crippen LogP contribution is 2.29. The third kappa shape index (κ3) is 11.9. The molecular weight excluding hydrogens is 775 g/mol. The number of hydrogen-bond acceptors (Lipinski definition) is 11. The molecule has 2 aromatic heterocycles. The molecule has 2 aromatic carbocycles. The number of aromatic nitrogens is 2. The lowest BCUT2D eigenvalue weighted by Crippen LogP contribution is -2.48. The van der Waals surface area contributed by atoms with Crippen LogP contribution in [0.5, 0.6) is 23.3 Å². The standard InChI is InChI=1S/C23H26FN3O4S.C18H20FN3O2S/c1-32-19-4-2-3-18(12-19)31-22-20(11-16(24)13-25-22)21(28)26-17-5-8-27(9-6-17)23(29)15-7-10-30-14-15;1-25-15-4-2-3-14(10-15)24-18-16(9-12(19)11-21-18)17(23)22-13-5-7-20-8-6-13/h2-4,11-13,15,17H,5-10,14H2,1H3,(H,26,28);2-4,9-11,13,20H,5-8H2,1H3,(H,22,23). The lowest BCUT2D eigenvalue weighted by Gasteiger charge is -2.33. The number of nitrogens with zero attached hydrogens (tertiary/aromatic N) is 3. The Morgan fingerprint density at radius 1 is 0.754 bits per heavy atom. The van der Waals surface area contributed by atoms with Crippen LogP contribution in [0, 0.1) is 17.6 Å². The van der Waals surface area contributed by atoms with Crippen molar-refractivity contribution in [3.63, 3.8) is 0 Å². The van der Waals surface area contributed by atoms with Crippen LogP contribution in [0.4, 0.5) is 8.78 Å². The predicted molar refractivity (Wildman–Crippen MR) is 214 cm³/mol. The average Bonchev–Trinajstić information content (AvgIpc) is 3.78. The molecule has 16 heteroatoms. The van der Waals surface area contributed by atoms with E-state index in [1.165, 1.54) is 0 Å². The van der Waals surface area contributed by atoms with Gasteiger partial charge in [-0.1, -0.05) is 12.1 Å². The Labute approximate surface area is 339 Å². The van der Waals surface area contributed by atoms with Crippen LogP contribution >= 0.6 is 23.5 Å². The fourth-order valence-corrected chi connectivity index (χ4v) is 7.52. The first-order valence-electron chi connectivity index (χ1n) is 18.8. The molecule has 12 nitrogen and oxygen atoms in total.